The van der Waals surface area contributed by atoms with Crippen LogP contribution in [-0.2, 0) is 14.3 Å². The number of thiol groups is 1. The van der Waals surface area contributed by atoms with Crippen molar-refractivity contribution in [2.45, 2.75) is 98.3 Å². The number of nitrogens with zero attached hydrogens (tertiary/aromatic N) is 1. The van der Waals surface area contributed by atoms with Gasteiger partial charge in [0.25, 0.3) is 0 Å². The van der Waals surface area contributed by atoms with E-state index < -0.39 is 23.8 Å². The molecule has 0 aliphatic carbocycles. The first-order chi connectivity index (χ1) is 16.4. The molecule has 0 radical (unpaired) electrons. The summed E-state index contributed by atoms with van der Waals surface area (Å²) in [4.78, 5) is 41.3. The second kappa shape index (κ2) is 15.0. The van der Waals surface area contributed by atoms with E-state index >= 15 is 0 Å². The Morgan fingerprint density at radius 2 is 1.60 bits per heavy atom. The number of hydrogen-bond donors (Lipinski definition) is 3. The minimum absolute atomic E-state index is 0.0817. The number of unbranched alkanes of at least 4 members (excludes halogenated alkanes) is 3. The molecule has 2 N–H and O–H groups in total. The summed E-state index contributed by atoms with van der Waals surface area (Å²) in [5, 5.41) is 5.68. The van der Waals surface area contributed by atoms with Gasteiger partial charge in [0, 0.05) is 18.8 Å². The molecular weight excluding hydrogens is 462 g/mol. The van der Waals surface area contributed by atoms with E-state index in [9.17, 15) is 14.4 Å². The zero-order valence-electron chi connectivity index (χ0n) is 22.6. The van der Waals surface area contributed by atoms with Gasteiger partial charge in [0.05, 0.1) is 0 Å². The van der Waals surface area contributed by atoms with Crippen LogP contribution < -0.4 is 10.6 Å². The Hall–Kier alpha value is -2.22. The van der Waals surface area contributed by atoms with Crippen molar-refractivity contribution in [2.24, 2.45) is 0 Å². The van der Waals surface area contributed by atoms with Gasteiger partial charge in [-0.1, -0.05) is 62.4 Å². The molecule has 2 atom stereocenters. The van der Waals surface area contributed by atoms with Gasteiger partial charge in [0.2, 0.25) is 11.8 Å². The zero-order valence-corrected chi connectivity index (χ0v) is 23.5. The summed E-state index contributed by atoms with van der Waals surface area (Å²) in [6.07, 6.45) is 3.84. The largest absolute Gasteiger partial charge is 0.444 e. The van der Waals surface area contributed by atoms with Gasteiger partial charge in [-0.25, -0.2) is 4.79 Å². The molecule has 1 aromatic rings. The Balaban J connectivity index is 3.35. The van der Waals surface area contributed by atoms with Crippen LogP contribution in [0.5, 0.6) is 0 Å². The van der Waals surface area contributed by atoms with Gasteiger partial charge in [-0.3, -0.25) is 9.59 Å². The van der Waals surface area contributed by atoms with E-state index in [4.69, 9.17) is 4.74 Å². The number of nitrogens with one attached hydrogen (secondary N) is 2. The number of aryl methyl sites for hydroxylation is 2. The van der Waals surface area contributed by atoms with E-state index in [0.717, 1.165) is 48.8 Å². The van der Waals surface area contributed by atoms with Crippen molar-refractivity contribution >= 4 is 30.5 Å². The number of benzene rings is 1. The van der Waals surface area contributed by atoms with Gasteiger partial charge in [-0.2, -0.15) is 12.6 Å². The van der Waals surface area contributed by atoms with E-state index in [1.165, 1.54) is 0 Å². The molecule has 0 bridgehead atoms. The maximum Gasteiger partial charge on any atom is 0.408 e. The van der Waals surface area contributed by atoms with Gasteiger partial charge < -0.3 is 20.3 Å². The van der Waals surface area contributed by atoms with Crippen LogP contribution in [0.4, 0.5) is 4.79 Å². The standard InChI is InChI=1S/C27H45N3O4S/c1-8-10-12-13-28-24(31)23(21-16-19(3)15-20(4)17-21)30(14-11-9-2)25(32)22(18-35)29-26(33)34-27(5,6)7/h15-17,22-23,35H,8-14,18H2,1-7H3,(H,28,31)(H,29,33). The zero-order chi connectivity index (χ0) is 26.6. The minimum Gasteiger partial charge on any atom is -0.444 e. The van der Waals surface area contributed by atoms with E-state index in [1.54, 1.807) is 25.7 Å². The maximum absolute atomic E-state index is 13.8. The molecule has 35 heavy (non-hydrogen) atoms. The fraction of sp³-hybridized carbons (Fsp3) is 0.667. The molecule has 0 fully saturated rings. The first kappa shape index (κ1) is 30.8. The maximum atomic E-state index is 13.8. The van der Waals surface area contributed by atoms with E-state index in [2.05, 4.69) is 30.2 Å². The van der Waals surface area contributed by atoms with Crippen molar-refractivity contribution in [3.8, 4) is 0 Å². The average molecular weight is 508 g/mol. The fourth-order valence-electron chi connectivity index (χ4n) is 3.85. The van der Waals surface area contributed by atoms with Crippen LogP contribution in [0, 0.1) is 13.8 Å². The highest BCUT2D eigenvalue weighted by Gasteiger charge is 2.35. The summed E-state index contributed by atoms with van der Waals surface area (Å²) >= 11 is 4.33. The van der Waals surface area contributed by atoms with Crippen LogP contribution in [0.25, 0.3) is 0 Å². The topological polar surface area (TPSA) is 87.7 Å². The molecule has 1 aromatic carbocycles. The number of ether oxygens (including phenoxy) is 1. The lowest BCUT2D eigenvalue weighted by molar-refractivity contribution is -0.142. The van der Waals surface area contributed by atoms with Gasteiger partial charge in [0.1, 0.15) is 17.7 Å². The molecule has 0 heterocycles. The van der Waals surface area contributed by atoms with Crippen LogP contribution >= 0.6 is 12.6 Å². The smallest absolute Gasteiger partial charge is 0.408 e. The molecular formula is C27H45N3O4S. The minimum atomic E-state index is -0.925. The summed E-state index contributed by atoms with van der Waals surface area (Å²) in [5.41, 5.74) is 2.10. The second-order valence-corrected chi connectivity index (χ2v) is 10.5. The van der Waals surface area contributed by atoms with E-state index in [0.29, 0.717) is 13.1 Å². The number of rotatable bonds is 13. The van der Waals surface area contributed by atoms with Gasteiger partial charge in [-0.15, -0.1) is 0 Å². The number of alkyl carbamates (subject to hydrolysis) is 1. The normalized spacial score (nSPS) is 13.0. The lowest BCUT2D eigenvalue weighted by Gasteiger charge is -2.34. The number of carbonyl (C=O) groups excluding carboxylic acids is 3. The first-order valence-electron chi connectivity index (χ1n) is 12.7. The fourth-order valence-corrected chi connectivity index (χ4v) is 4.10. The predicted octanol–water partition coefficient (Wildman–Crippen LogP) is 5.10. The third kappa shape index (κ3) is 10.9. The Labute approximate surface area is 217 Å². The summed E-state index contributed by atoms with van der Waals surface area (Å²) in [7, 11) is 0. The lowest BCUT2D eigenvalue weighted by atomic mass is 9.98. The first-order valence-corrected chi connectivity index (χ1v) is 13.3. The van der Waals surface area contributed by atoms with Crippen LogP contribution in [0.3, 0.4) is 0 Å². The van der Waals surface area contributed by atoms with Gasteiger partial charge in [-0.05, 0) is 53.0 Å². The van der Waals surface area contributed by atoms with Crippen molar-refractivity contribution in [1.29, 1.82) is 0 Å². The SMILES string of the molecule is CCCCCNC(=O)C(c1cc(C)cc(C)c1)N(CCCC)C(=O)C(CS)NC(=O)OC(C)(C)C. The highest BCUT2D eigenvalue weighted by atomic mass is 32.1. The average Bonchev–Trinajstić information content (AvgIpc) is 2.75. The highest BCUT2D eigenvalue weighted by molar-refractivity contribution is 7.80. The molecule has 0 aliphatic rings. The van der Waals surface area contributed by atoms with E-state index in [-0.39, 0.29) is 17.6 Å². The van der Waals surface area contributed by atoms with Crippen LogP contribution in [0.2, 0.25) is 0 Å². The van der Waals surface area contributed by atoms with Crippen molar-refractivity contribution in [2.75, 3.05) is 18.8 Å². The van der Waals surface area contributed by atoms with Crippen molar-refractivity contribution in [3.63, 3.8) is 0 Å². The molecule has 0 spiro atoms. The molecule has 3 amide bonds. The molecule has 0 aromatic heterocycles. The second-order valence-electron chi connectivity index (χ2n) is 10.1. The molecule has 8 heteroatoms. The summed E-state index contributed by atoms with van der Waals surface area (Å²) in [6.45, 7) is 14.3. The van der Waals surface area contributed by atoms with Crippen molar-refractivity contribution < 1.29 is 19.1 Å². The Bertz CT molecular complexity index is 818. The van der Waals surface area contributed by atoms with Crippen molar-refractivity contribution in [1.82, 2.24) is 15.5 Å². The third-order valence-corrected chi connectivity index (χ3v) is 5.77. The quantitative estimate of drug-likeness (QED) is 0.256. The number of carbonyl (C=O) groups is 3. The summed E-state index contributed by atoms with van der Waals surface area (Å²) in [6, 6.07) is 4.21. The highest BCUT2D eigenvalue weighted by Crippen LogP contribution is 2.26. The summed E-state index contributed by atoms with van der Waals surface area (Å²) in [5.74, 6) is -0.490. The Kier molecular flexibility index (Phi) is 13.2. The Morgan fingerprint density at radius 1 is 1.00 bits per heavy atom. The van der Waals surface area contributed by atoms with Crippen LogP contribution in [0.15, 0.2) is 18.2 Å². The van der Waals surface area contributed by atoms with Crippen molar-refractivity contribution in [3.05, 3.63) is 34.9 Å². The van der Waals surface area contributed by atoms with Crippen LogP contribution in [0.1, 0.15) is 89.5 Å². The monoisotopic (exact) mass is 507 g/mol. The molecule has 0 aliphatic heterocycles. The van der Waals surface area contributed by atoms with Crippen LogP contribution in [-0.4, -0.2) is 53.3 Å². The van der Waals surface area contributed by atoms with Gasteiger partial charge >= 0.3 is 6.09 Å². The van der Waals surface area contributed by atoms with Gasteiger partial charge in [0.15, 0.2) is 0 Å². The number of amides is 3. The third-order valence-electron chi connectivity index (χ3n) is 5.41. The number of hydrogen-bond acceptors (Lipinski definition) is 5. The molecule has 198 valence electrons. The van der Waals surface area contributed by atoms with E-state index in [1.807, 2.05) is 39.0 Å². The Morgan fingerprint density at radius 3 is 2.11 bits per heavy atom. The summed E-state index contributed by atoms with van der Waals surface area (Å²) < 4.78 is 5.35. The lowest BCUT2D eigenvalue weighted by Crippen LogP contribution is -2.54. The molecule has 0 saturated heterocycles. The molecule has 0 saturated carbocycles. The molecule has 1 rings (SSSR count). The predicted molar refractivity (Wildman–Crippen MR) is 145 cm³/mol. The molecule has 2 unspecified atom stereocenters. The molecule has 7 nitrogen and oxygen atoms in total.